The van der Waals surface area contributed by atoms with Crippen LogP contribution in [-0.2, 0) is 19.1 Å². The molecule has 116 valence electrons. The van der Waals surface area contributed by atoms with Crippen molar-refractivity contribution in [2.24, 2.45) is 17.3 Å². The van der Waals surface area contributed by atoms with Crippen molar-refractivity contribution in [2.45, 2.75) is 40.0 Å². The minimum atomic E-state index is -1.19. The van der Waals surface area contributed by atoms with Crippen molar-refractivity contribution in [2.75, 3.05) is 13.2 Å². The zero-order valence-electron chi connectivity index (χ0n) is 13.1. The normalized spacial score (nSPS) is 26.5. The molecular formula is C17H24O4. The summed E-state index contributed by atoms with van der Waals surface area (Å²) in [6.07, 6.45) is 8.82. The highest BCUT2D eigenvalue weighted by atomic mass is 16.6. The van der Waals surface area contributed by atoms with E-state index in [0.29, 0.717) is 6.42 Å². The molecule has 2 aliphatic rings. The molecule has 0 aromatic rings. The third kappa shape index (κ3) is 2.63. The van der Waals surface area contributed by atoms with Crippen molar-refractivity contribution in [3.63, 3.8) is 0 Å². The van der Waals surface area contributed by atoms with Gasteiger partial charge in [0.2, 0.25) is 0 Å². The van der Waals surface area contributed by atoms with Crippen molar-refractivity contribution in [1.82, 2.24) is 0 Å². The molecule has 2 aliphatic carbocycles. The van der Waals surface area contributed by atoms with Crippen LogP contribution in [0.4, 0.5) is 0 Å². The molecule has 0 aromatic carbocycles. The molecule has 0 aliphatic heterocycles. The Bertz CT molecular complexity index is 457. The van der Waals surface area contributed by atoms with Crippen LogP contribution in [-0.4, -0.2) is 25.2 Å². The summed E-state index contributed by atoms with van der Waals surface area (Å²) in [5.41, 5.74) is -0.0261. The minimum absolute atomic E-state index is 0.126. The van der Waals surface area contributed by atoms with E-state index in [9.17, 15) is 9.59 Å². The first-order valence-corrected chi connectivity index (χ1v) is 7.78. The number of esters is 2. The fourth-order valence-electron chi connectivity index (χ4n) is 3.45. The molecule has 0 amide bonds. The molecule has 0 spiro atoms. The minimum Gasteiger partial charge on any atom is -0.465 e. The second kappa shape index (κ2) is 6.46. The van der Waals surface area contributed by atoms with E-state index in [2.05, 4.69) is 18.2 Å². The van der Waals surface area contributed by atoms with Crippen LogP contribution < -0.4 is 0 Å². The Morgan fingerprint density at radius 2 is 1.81 bits per heavy atom. The van der Waals surface area contributed by atoms with Gasteiger partial charge in [-0.3, -0.25) is 9.59 Å². The lowest BCUT2D eigenvalue weighted by Crippen LogP contribution is -2.45. The van der Waals surface area contributed by atoms with Gasteiger partial charge in [-0.15, -0.1) is 0 Å². The molecule has 1 fully saturated rings. The van der Waals surface area contributed by atoms with Gasteiger partial charge >= 0.3 is 11.9 Å². The van der Waals surface area contributed by atoms with Crippen molar-refractivity contribution in [1.29, 1.82) is 0 Å². The fraction of sp³-hybridized carbons (Fsp3) is 0.647. The van der Waals surface area contributed by atoms with E-state index >= 15 is 0 Å². The van der Waals surface area contributed by atoms with Crippen molar-refractivity contribution >= 4 is 11.9 Å². The van der Waals surface area contributed by atoms with E-state index in [1.165, 1.54) is 0 Å². The average molecular weight is 292 g/mol. The monoisotopic (exact) mass is 292 g/mol. The Hall–Kier alpha value is -1.58. The van der Waals surface area contributed by atoms with Crippen LogP contribution in [0.2, 0.25) is 0 Å². The molecule has 2 rings (SSSR count). The molecule has 4 heteroatoms. The van der Waals surface area contributed by atoms with E-state index in [0.717, 1.165) is 18.4 Å². The van der Waals surface area contributed by atoms with Gasteiger partial charge in [0, 0.05) is 5.92 Å². The standard InChI is InChI=1S/C17H24O4/c1-4-20-15(18)17(16(19)21-5-2)11-13-9-7-6-8-10-14(13)12(17)3/h8-10,12,14H,4-7,11H2,1-3H3/t12-,14+/m0/s1. The molecule has 0 bridgehead atoms. The van der Waals surface area contributed by atoms with Gasteiger partial charge in [-0.1, -0.05) is 30.7 Å². The first kappa shape index (κ1) is 15.8. The molecule has 1 saturated carbocycles. The number of fused-ring (bicyclic) bond motifs is 1. The molecule has 0 N–H and O–H groups in total. The summed E-state index contributed by atoms with van der Waals surface area (Å²) < 4.78 is 10.4. The predicted molar refractivity (Wildman–Crippen MR) is 79.4 cm³/mol. The molecule has 21 heavy (non-hydrogen) atoms. The fourth-order valence-corrected chi connectivity index (χ4v) is 3.45. The average Bonchev–Trinajstić information content (AvgIpc) is 2.62. The van der Waals surface area contributed by atoms with Crippen molar-refractivity contribution < 1.29 is 19.1 Å². The van der Waals surface area contributed by atoms with Crippen LogP contribution in [0.3, 0.4) is 0 Å². The van der Waals surface area contributed by atoms with Crippen LogP contribution in [0.1, 0.15) is 40.0 Å². The molecular weight excluding hydrogens is 268 g/mol. The SMILES string of the molecule is CCOC(=O)C1(C(=O)OCC)CC2=CCCC=C[C@@H]2[C@@H]1C. The van der Waals surface area contributed by atoms with Gasteiger partial charge in [0.15, 0.2) is 5.41 Å². The van der Waals surface area contributed by atoms with Crippen molar-refractivity contribution in [3.05, 3.63) is 23.8 Å². The number of hydrogen-bond acceptors (Lipinski definition) is 4. The van der Waals surface area contributed by atoms with Crippen LogP contribution in [0.5, 0.6) is 0 Å². The Balaban J connectivity index is 2.41. The maximum atomic E-state index is 12.5. The summed E-state index contributed by atoms with van der Waals surface area (Å²) >= 11 is 0. The van der Waals surface area contributed by atoms with Crippen LogP contribution in [0.25, 0.3) is 0 Å². The van der Waals surface area contributed by atoms with E-state index in [-0.39, 0.29) is 25.0 Å². The Labute approximate surface area is 126 Å². The first-order chi connectivity index (χ1) is 10.1. The Kier molecular flexibility index (Phi) is 4.86. The zero-order valence-corrected chi connectivity index (χ0v) is 13.1. The molecule has 0 saturated heterocycles. The Morgan fingerprint density at radius 1 is 1.19 bits per heavy atom. The highest BCUT2D eigenvalue weighted by Crippen LogP contribution is 2.52. The van der Waals surface area contributed by atoms with Gasteiger partial charge in [0.25, 0.3) is 0 Å². The van der Waals surface area contributed by atoms with Gasteiger partial charge in [0.1, 0.15) is 0 Å². The van der Waals surface area contributed by atoms with Gasteiger partial charge in [-0.05, 0) is 39.0 Å². The smallest absolute Gasteiger partial charge is 0.324 e. The maximum Gasteiger partial charge on any atom is 0.324 e. The summed E-state index contributed by atoms with van der Waals surface area (Å²) in [6, 6.07) is 0. The molecule has 2 atom stereocenters. The van der Waals surface area contributed by atoms with Crippen molar-refractivity contribution in [3.8, 4) is 0 Å². The number of carbonyl (C=O) groups excluding carboxylic acids is 2. The van der Waals surface area contributed by atoms with Crippen LogP contribution in [0.15, 0.2) is 23.8 Å². The molecule has 0 radical (unpaired) electrons. The quantitative estimate of drug-likeness (QED) is 0.454. The van der Waals surface area contributed by atoms with Gasteiger partial charge in [-0.2, -0.15) is 0 Å². The van der Waals surface area contributed by atoms with Crippen LogP contribution in [0, 0.1) is 17.3 Å². The van der Waals surface area contributed by atoms with E-state index in [1.54, 1.807) is 13.8 Å². The van der Waals surface area contributed by atoms with E-state index in [1.807, 2.05) is 6.92 Å². The lowest BCUT2D eigenvalue weighted by molar-refractivity contribution is -0.175. The lowest BCUT2D eigenvalue weighted by atomic mass is 9.76. The number of rotatable bonds is 4. The van der Waals surface area contributed by atoms with Crippen LogP contribution >= 0.6 is 0 Å². The maximum absolute atomic E-state index is 12.5. The van der Waals surface area contributed by atoms with E-state index in [4.69, 9.17) is 9.47 Å². The third-order valence-corrected chi connectivity index (χ3v) is 4.59. The number of ether oxygens (including phenoxy) is 2. The highest BCUT2D eigenvalue weighted by Gasteiger charge is 2.60. The summed E-state index contributed by atoms with van der Waals surface area (Å²) in [5.74, 6) is -0.908. The highest BCUT2D eigenvalue weighted by molar-refractivity contribution is 6.01. The predicted octanol–water partition coefficient (Wildman–Crippen LogP) is 3.03. The summed E-state index contributed by atoms with van der Waals surface area (Å²) in [4.78, 5) is 25.1. The zero-order chi connectivity index (χ0) is 15.5. The summed E-state index contributed by atoms with van der Waals surface area (Å²) in [6.45, 7) is 6.01. The topological polar surface area (TPSA) is 52.6 Å². The third-order valence-electron chi connectivity index (χ3n) is 4.59. The molecule has 0 unspecified atom stereocenters. The molecule has 0 heterocycles. The number of allylic oxidation sites excluding steroid dienone is 4. The summed E-state index contributed by atoms with van der Waals surface area (Å²) in [7, 11) is 0. The van der Waals surface area contributed by atoms with Gasteiger partial charge in [0.05, 0.1) is 13.2 Å². The largest absolute Gasteiger partial charge is 0.465 e. The second-order valence-corrected chi connectivity index (χ2v) is 5.69. The van der Waals surface area contributed by atoms with E-state index < -0.39 is 17.4 Å². The summed E-state index contributed by atoms with van der Waals surface area (Å²) in [5, 5.41) is 0. The lowest BCUT2D eigenvalue weighted by Gasteiger charge is -2.29. The van der Waals surface area contributed by atoms with Gasteiger partial charge < -0.3 is 9.47 Å². The second-order valence-electron chi connectivity index (χ2n) is 5.69. The van der Waals surface area contributed by atoms with Gasteiger partial charge in [-0.25, -0.2) is 0 Å². The molecule has 0 aromatic heterocycles. The number of hydrogen-bond donors (Lipinski definition) is 0. The molecule has 4 nitrogen and oxygen atoms in total. The first-order valence-electron chi connectivity index (χ1n) is 7.78. The Morgan fingerprint density at radius 3 is 2.38 bits per heavy atom. The number of carbonyl (C=O) groups is 2.